The Morgan fingerprint density at radius 3 is 1.58 bits per heavy atom. The average molecular weight is 430 g/mol. The molecule has 9 heteroatoms. The van der Waals surface area contributed by atoms with Crippen LogP contribution < -0.4 is 37.2 Å². The molecule has 0 bridgehead atoms. The molecule has 0 spiro atoms. The van der Waals surface area contributed by atoms with Crippen molar-refractivity contribution in [2.75, 3.05) is 0 Å². The van der Waals surface area contributed by atoms with Crippen molar-refractivity contribution < 1.29 is 54.3 Å². The van der Waals surface area contributed by atoms with E-state index in [0.717, 1.165) is 36.1 Å². The molecule has 0 unspecified atom stereocenters. The van der Waals surface area contributed by atoms with Crippen molar-refractivity contribution in [1.29, 1.82) is 0 Å². The van der Waals surface area contributed by atoms with E-state index in [1.807, 2.05) is 30.6 Å². The molecule has 0 aliphatic heterocycles. The van der Waals surface area contributed by atoms with Crippen LogP contribution in [-0.4, -0.2) is 24.1 Å². The minimum atomic E-state index is 0. The molecular formula is C15H17Cl3FeN5. The molecule has 0 aromatic carbocycles. The first kappa shape index (κ1) is 25.2. The predicted octanol–water partition coefficient (Wildman–Crippen LogP) is -6.14. The summed E-state index contributed by atoms with van der Waals surface area (Å²) in [6, 6.07) is 5.97. The third kappa shape index (κ3) is 4.98. The second kappa shape index (κ2) is 11.5. The summed E-state index contributed by atoms with van der Waals surface area (Å²) in [7, 11) is 0. The van der Waals surface area contributed by atoms with Gasteiger partial charge in [0, 0.05) is 37.9 Å². The third-order valence-electron chi connectivity index (χ3n) is 3.32. The molecule has 3 rings (SSSR count). The van der Waals surface area contributed by atoms with Gasteiger partial charge in [-0.05, 0) is 26.0 Å². The first-order valence-corrected chi connectivity index (χ1v) is 6.83. The maximum absolute atomic E-state index is 4.71. The third-order valence-corrected chi connectivity index (χ3v) is 3.32. The summed E-state index contributed by atoms with van der Waals surface area (Å²) < 4.78 is 4.16. The molecule has 24 heavy (non-hydrogen) atoms. The number of hydrogen-bond acceptors (Lipinski definition) is 3. The van der Waals surface area contributed by atoms with E-state index in [1.165, 1.54) is 0 Å². The Morgan fingerprint density at radius 1 is 0.792 bits per heavy atom. The van der Waals surface area contributed by atoms with Crippen molar-refractivity contribution in [1.82, 2.24) is 24.1 Å². The van der Waals surface area contributed by atoms with Gasteiger partial charge in [0.2, 0.25) is 0 Å². The molecule has 0 atom stereocenters. The monoisotopic (exact) mass is 428 g/mol. The number of aryl methyl sites for hydroxylation is 2. The number of halogens is 3. The van der Waals surface area contributed by atoms with Crippen LogP contribution in [0.2, 0.25) is 0 Å². The molecule has 3 aromatic rings. The zero-order chi connectivity index (χ0) is 13.9. The van der Waals surface area contributed by atoms with Gasteiger partial charge in [-0.3, -0.25) is 0 Å². The molecular weight excluding hydrogens is 412 g/mol. The maximum Gasteiger partial charge on any atom is 3.00 e. The van der Waals surface area contributed by atoms with E-state index in [-0.39, 0.29) is 54.3 Å². The van der Waals surface area contributed by atoms with Crippen LogP contribution in [0.5, 0.6) is 0 Å². The van der Waals surface area contributed by atoms with E-state index in [9.17, 15) is 0 Å². The Bertz CT molecular complexity index is 672. The van der Waals surface area contributed by atoms with Crippen LogP contribution in [0.25, 0.3) is 23.0 Å². The molecule has 1 radical (unpaired) electrons. The number of hydrogen-bond donors (Lipinski definition) is 0. The van der Waals surface area contributed by atoms with Crippen LogP contribution in [0.4, 0.5) is 0 Å². The average Bonchev–Trinajstić information content (AvgIpc) is 3.15. The summed E-state index contributed by atoms with van der Waals surface area (Å²) in [6.45, 7) is 5.95. The standard InChI is InChI=1S/C15H17N5.3ClH.Fe/c1-3-19-10-8-16-14(19)12-6-5-7-13(18-12)15-17-9-11-20(15)4-2;;;;/h5-11H,3-4H2,1-2H3;3*1H;/q;;;;+3/p-3. The Hall–Kier alpha value is -1.04. The summed E-state index contributed by atoms with van der Waals surface area (Å²) in [5, 5.41) is 0. The number of aromatic nitrogens is 5. The second-order valence-corrected chi connectivity index (χ2v) is 4.48. The number of imidazole rings is 2. The van der Waals surface area contributed by atoms with E-state index >= 15 is 0 Å². The molecule has 0 N–H and O–H groups in total. The van der Waals surface area contributed by atoms with Gasteiger partial charge in [-0.25, -0.2) is 15.0 Å². The van der Waals surface area contributed by atoms with Gasteiger partial charge in [-0.1, -0.05) is 6.07 Å². The van der Waals surface area contributed by atoms with Crippen LogP contribution in [0.15, 0.2) is 43.0 Å². The van der Waals surface area contributed by atoms with Crippen LogP contribution in [-0.2, 0) is 30.2 Å². The molecule has 3 aromatic heterocycles. The molecule has 3 heterocycles. The van der Waals surface area contributed by atoms with Crippen LogP contribution in [0.1, 0.15) is 13.8 Å². The summed E-state index contributed by atoms with van der Waals surface area (Å²) in [6.07, 6.45) is 7.55. The van der Waals surface area contributed by atoms with Crippen molar-refractivity contribution in [2.45, 2.75) is 26.9 Å². The van der Waals surface area contributed by atoms with Gasteiger partial charge in [0.05, 0.1) is 0 Å². The molecule has 131 valence electrons. The van der Waals surface area contributed by atoms with Gasteiger partial charge in [-0.15, -0.1) is 0 Å². The fourth-order valence-corrected chi connectivity index (χ4v) is 2.28. The Labute approximate surface area is 171 Å². The second-order valence-electron chi connectivity index (χ2n) is 4.48. The van der Waals surface area contributed by atoms with Crippen molar-refractivity contribution >= 4 is 0 Å². The molecule has 0 saturated carbocycles. The quantitative estimate of drug-likeness (QED) is 0.388. The van der Waals surface area contributed by atoms with E-state index in [1.54, 1.807) is 12.4 Å². The van der Waals surface area contributed by atoms with Gasteiger partial charge < -0.3 is 46.4 Å². The van der Waals surface area contributed by atoms with Gasteiger partial charge in [0.25, 0.3) is 0 Å². The Morgan fingerprint density at radius 2 is 1.21 bits per heavy atom. The molecule has 0 aliphatic carbocycles. The molecule has 5 nitrogen and oxygen atoms in total. The number of pyridine rings is 1. The van der Waals surface area contributed by atoms with Gasteiger partial charge in [-0.2, -0.15) is 0 Å². The Balaban J connectivity index is 0. The van der Waals surface area contributed by atoms with Crippen LogP contribution in [0, 0.1) is 0 Å². The van der Waals surface area contributed by atoms with Crippen molar-refractivity contribution in [2.24, 2.45) is 0 Å². The first-order valence-electron chi connectivity index (χ1n) is 6.83. The Kier molecular flexibility index (Phi) is 12.1. The fraction of sp³-hybridized carbons (Fsp3) is 0.267. The van der Waals surface area contributed by atoms with Crippen molar-refractivity contribution in [3.63, 3.8) is 0 Å². The summed E-state index contributed by atoms with van der Waals surface area (Å²) >= 11 is 0. The maximum atomic E-state index is 4.71. The molecule has 0 aliphatic rings. The van der Waals surface area contributed by atoms with Crippen molar-refractivity contribution in [3.05, 3.63) is 43.0 Å². The van der Waals surface area contributed by atoms with Gasteiger partial charge in [0.15, 0.2) is 11.6 Å². The van der Waals surface area contributed by atoms with Gasteiger partial charge in [0.1, 0.15) is 11.4 Å². The number of rotatable bonds is 4. The van der Waals surface area contributed by atoms with Crippen LogP contribution >= 0.6 is 0 Å². The topological polar surface area (TPSA) is 48.5 Å². The normalized spacial score (nSPS) is 9.08. The molecule has 0 saturated heterocycles. The SMILES string of the molecule is CCn1ccnc1-c1cccc(-c2nccn2CC)n1.[Cl-].[Cl-].[Cl-].[Fe+3]. The van der Waals surface area contributed by atoms with Crippen molar-refractivity contribution in [3.8, 4) is 23.0 Å². The predicted molar refractivity (Wildman–Crippen MR) is 78.0 cm³/mol. The molecule has 0 amide bonds. The summed E-state index contributed by atoms with van der Waals surface area (Å²) in [5.74, 6) is 1.79. The summed E-state index contributed by atoms with van der Waals surface area (Å²) in [5.41, 5.74) is 1.75. The smallest absolute Gasteiger partial charge is 1.00 e. The molecule has 0 fully saturated rings. The first-order chi connectivity index (χ1) is 9.83. The number of nitrogens with zero attached hydrogens (tertiary/aromatic N) is 5. The van der Waals surface area contributed by atoms with E-state index in [4.69, 9.17) is 4.98 Å². The van der Waals surface area contributed by atoms with E-state index < -0.39 is 0 Å². The fourth-order valence-electron chi connectivity index (χ4n) is 2.28. The van der Waals surface area contributed by atoms with E-state index in [0.29, 0.717) is 0 Å². The largest absolute Gasteiger partial charge is 3.00 e. The zero-order valence-corrected chi connectivity index (χ0v) is 16.6. The summed E-state index contributed by atoms with van der Waals surface area (Å²) in [4.78, 5) is 13.5. The minimum Gasteiger partial charge on any atom is -1.00 e. The van der Waals surface area contributed by atoms with Crippen LogP contribution in [0.3, 0.4) is 0 Å². The zero-order valence-electron chi connectivity index (χ0n) is 13.2. The van der Waals surface area contributed by atoms with Gasteiger partial charge >= 0.3 is 17.1 Å². The minimum absolute atomic E-state index is 0. The van der Waals surface area contributed by atoms with E-state index in [2.05, 4.69) is 32.9 Å².